The fraction of sp³-hybridized carbons (Fsp3) is 0.846. The van der Waals surface area contributed by atoms with Gasteiger partial charge in [-0.3, -0.25) is 4.79 Å². The highest BCUT2D eigenvalue weighted by molar-refractivity contribution is 5.82. The average Bonchev–Trinajstić information content (AvgIpc) is 2.95. The number of esters is 2. The second-order valence-corrected chi connectivity index (χ2v) is 11.8. The molecule has 4 fully saturated rings. The summed E-state index contributed by atoms with van der Waals surface area (Å²) in [4.78, 5) is 23.6. The van der Waals surface area contributed by atoms with Crippen LogP contribution in [0.2, 0.25) is 0 Å². The summed E-state index contributed by atoms with van der Waals surface area (Å²) in [5.74, 6) is 0.292. The van der Waals surface area contributed by atoms with Crippen LogP contribution in [0.5, 0.6) is 0 Å². The molecule has 32 heavy (non-hydrogen) atoms. The van der Waals surface area contributed by atoms with E-state index in [9.17, 15) is 19.8 Å². The first-order valence-corrected chi connectivity index (χ1v) is 12.5. The standard InChI is InChI=1S/C26H38O6/c1-15(27)32-21-13-26(30)20-6-5-17-12-18(28)8-10-24(17,2)19(20)9-11-25(26,3)23(21)16-4-7-22(29)31-14-16/h4,7,16-21,23,28,30H,5-6,8-14H2,1-3H3/t16?,17-,18+,19+,20-,21+,23+,24+,25-,26+/m1/s1. The molecule has 6 heteroatoms. The molecule has 178 valence electrons. The second-order valence-electron chi connectivity index (χ2n) is 11.8. The summed E-state index contributed by atoms with van der Waals surface area (Å²) in [7, 11) is 0. The Morgan fingerprint density at radius 1 is 1.16 bits per heavy atom. The van der Waals surface area contributed by atoms with E-state index in [1.807, 2.05) is 6.08 Å². The van der Waals surface area contributed by atoms with E-state index in [4.69, 9.17) is 9.47 Å². The Labute approximate surface area is 190 Å². The van der Waals surface area contributed by atoms with Crippen molar-refractivity contribution in [3.63, 3.8) is 0 Å². The van der Waals surface area contributed by atoms with Gasteiger partial charge >= 0.3 is 11.9 Å². The van der Waals surface area contributed by atoms with Crippen LogP contribution < -0.4 is 0 Å². The number of cyclic esters (lactones) is 1. The van der Waals surface area contributed by atoms with Crippen LogP contribution in [0, 0.1) is 40.4 Å². The Balaban J connectivity index is 1.51. The fourth-order valence-corrected chi connectivity index (χ4v) is 9.04. The van der Waals surface area contributed by atoms with Crippen LogP contribution in [0.15, 0.2) is 12.2 Å². The smallest absolute Gasteiger partial charge is 0.330 e. The van der Waals surface area contributed by atoms with E-state index >= 15 is 0 Å². The van der Waals surface area contributed by atoms with Gasteiger partial charge in [-0.2, -0.15) is 0 Å². The van der Waals surface area contributed by atoms with E-state index in [1.165, 1.54) is 13.0 Å². The lowest BCUT2D eigenvalue weighted by Crippen LogP contribution is -2.62. The molecule has 5 aliphatic rings. The highest BCUT2D eigenvalue weighted by atomic mass is 16.5. The predicted octanol–water partition coefficient (Wildman–Crippen LogP) is 3.39. The summed E-state index contributed by atoms with van der Waals surface area (Å²) >= 11 is 0. The van der Waals surface area contributed by atoms with Gasteiger partial charge < -0.3 is 19.7 Å². The molecule has 1 heterocycles. The number of rotatable bonds is 2. The minimum Gasteiger partial charge on any atom is -0.462 e. The first-order chi connectivity index (χ1) is 15.1. The molecule has 0 saturated heterocycles. The number of aliphatic hydroxyl groups excluding tert-OH is 1. The zero-order chi connectivity index (χ0) is 22.9. The Morgan fingerprint density at radius 3 is 2.62 bits per heavy atom. The molecule has 0 amide bonds. The van der Waals surface area contributed by atoms with Crippen LogP contribution >= 0.6 is 0 Å². The molecule has 0 aromatic rings. The van der Waals surface area contributed by atoms with Crippen molar-refractivity contribution in [3.8, 4) is 0 Å². The first-order valence-electron chi connectivity index (χ1n) is 12.5. The van der Waals surface area contributed by atoms with Crippen LogP contribution in [-0.4, -0.2) is 46.6 Å². The molecule has 0 radical (unpaired) electrons. The lowest BCUT2D eigenvalue weighted by atomic mass is 9.43. The van der Waals surface area contributed by atoms with Crippen molar-refractivity contribution < 1.29 is 29.3 Å². The van der Waals surface area contributed by atoms with Gasteiger partial charge in [-0.15, -0.1) is 0 Å². The summed E-state index contributed by atoms with van der Waals surface area (Å²) in [6.07, 6.45) is 9.93. The number of carbonyl (C=O) groups excluding carboxylic acids is 2. The van der Waals surface area contributed by atoms with Crippen molar-refractivity contribution in [1.82, 2.24) is 0 Å². The third-order valence-electron chi connectivity index (χ3n) is 10.6. The topological polar surface area (TPSA) is 93.1 Å². The van der Waals surface area contributed by atoms with Gasteiger partial charge in [0.15, 0.2) is 0 Å². The van der Waals surface area contributed by atoms with Crippen LogP contribution in [-0.2, 0) is 19.1 Å². The average molecular weight is 447 g/mol. The molecule has 0 aromatic heterocycles. The number of hydrogen-bond acceptors (Lipinski definition) is 6. The van der Waals surface area contributed by atoms with Gasteiger partial charge in [0.1, 0.15) is 6.10 Å². The third kappa shape index (κ3) is 3.12. The fourth-order valence-electron chi connectivity index (χ4n) is 9.04. The monoisotopic (exact) mass is 446 g/mol. The van der Waals surface area contributed by atoms with Crippen molar-refractivity contribution in [2.75, 3.05) is 6.61 Å². The minimum absolute atomic E-state index is 0.0654. The van der Waals surface area contributed by atoms with E-state index in [0.29, 0.717) is 18.3 Å². The minimum atomic E-state index is -0.917. The van der Waals surface area contributed by atoms with Crippen LogP contribution in [0.25, 0.3) is 0 Å². The molecule has 4 saturated carbocycles. The van der Waals surface area contributed by atoms with Gasteiger partial charge in [0.2, 0.25) is 0 Å². The lowest BCUT2D eigenvalue weighted by Gasteiger charge is -2.63. The van der Waals surface area contributed by atoms with Gasteiger partial charge in [-0.1, -0.05) is 19.9 Å². The van der Waals surface area contributed by atoms with Crippen molar-refractivity contribution in [1.29, 1.82) is 0 Å². The van der Waals surface area contributed by atoms with Crippen molar-refractivity contribution in [3.05, 3.63) is 12.2 Å². The zero-order valence-corrected chi connectivity index (χ0v) is 19.6. The van der Waals surface area contributed by atoms with Crippen LogP contribution in [0.3, 0.4) is 0 Å². The van der Waals surface area contributed by atoms with Gasteiger partial charge in [-0.25, -0.2) is 4.79 Å². The molecular weight excluding hydrogens is 408 g/mol. The largest absolute Gasteiger partial charge is 0.462 e. The Kier molecular flexibility index (Phi) is 5.29. The number of hydrogen-bond donors (Lipinski definition) is 2. The summed E-state index contributed by atoms with van der Waals surface area (Å²) in [6, 6.07) is 0. The van der Waals surface area contributed by atoms with E-state index < -0.39 is 11.0 Å². The maximum atomic E-state index is 12.5. The first kappa shape index (κ1) is 22.4. The molecule has 0 spiro atoms. The molecule has 10 atom stereocenters. The lowest BCUT2D eigenvalue weighted by molar-refractivity contribution is -0.213. The third-order valence-corrected chi connectivity index (χ3v) is 10.6. The van der Waals surface area contributed by atoms with Gasteiger partial charge in [0.25, 0.3) is 0 Å². The molecule has 1 aliphatic heterocycles. The van der Waals surface area contributed by atoms with E-state index in [2.05, 4.69) is 13.8 Å². The van der Waals surface area contributed by atoms with E-state index in [1.54, 1.807) is 0 Å². The highest BCUT2D eigenvalue weighted by Gasteiger charge is 2.71. The molecule has 0 aromatic carbocycles. The summed E-state index contributed by atoms with van der Waals surface area (Å²) < 4.78 is 11.2. The van der Waals surface area contributed by atoms with Crippen LogP contribution in [0.4, 0.5) is 0 Å². The van der Waals surface area contributed by atoms with Crippen molar-refractivity contribution in [2.45, 2.75) is 89.9 Å². The number of fused-ring (bicyclic) bond motifs is 5. The molecule has 5 rings (SSSR count). The van der Waals surface area contributed by atoms with Crippen LogP contribution in [0.1, 0.15) is 72.1 Å². The van der Waals surface area contributed by atoms with E-state index in [0.717, 1.165) is 44.9 Å². The maximum Gasteiger partial charge on any atom is 0.330 e. The SMILES string of the molecule is CC(=O)O[C@H]1C[C@]2(O)[C@@H]3CC[C@@H]4C[C@@H](O)CC[C@]4(C)[C@H]3CC[C@]2(C)[C@H]1C1C=CC(=O)OC1. The number of ether oxygens (including phenoxy) is 2. The highest BCUT2D eigenvalue weighted by Crippen LogP contribution is 2.70. The predicted molar refractivity (Wildman–Crippen MR) is 117 cm³/mol. The maximum absolute atomic E-state index is 12.5. The molecule has 6 nitrogen and oxygen atoms in total. The Bertz CT molecular complexity index is 823. The quantitative estimate of drug-likeness (QED) is 0.632. The van der Waals surface area contributed by atoms with Crippen molar-refractivity contribution in [2.24, 2.45) is 40.4 Å². The number of carbonyl (C=O) groups is 2. The molecule has 0 bridgehead atoms. The van der Waals surface area contributed by atoms with E-state index in [-0.39, 0.29) is 53.9 Å². The molecule has 2 N–H and O–H groups in total. The Morgan fingerprint density at radius 2 is 1.94 bits per heavy atom. The summed E-state index contributed by atoms with van der Waals surface area (Å²) in [5.41, 5.74) is -1.18. The molecular formula is C26H38O6. The van der Waals surface area contributed by atoms with Crippen molar-refractivity contribution >= 4 is 11.9 Å². The normalized spacial score (nSPS) is 52.4. The molecule has 1 unspecified atom stereocenters. The van der Waals surface area contributed by atoms with Gasteiger partial charge in [-0.05, 0) is 68.1 Å². The van der Waals surface area contributed by atoms with Gasteiger partial charge in [0.05, 0.1) is 18.3 Å². The zero-order valence-electron chi connectivity index (χ0n) is 19.6. The molecule has 4 aliphatic carbocycles. The number of aliphatic hydroxyl groups is 2. The van der Waals surface area contributed by atoms with Gasteiger partial charge in [0, 0.05) is 36.7 Å². The summed E-state index contributed by atoms with van der Waals surface area (Å²) in [5, 5.41) is 22.8. The summed E-state index contributed by atoms with van der Waals surface area (Å²) in [6.45, 7) is 6.28. The Hall–Kier alpha value is -1.40. The second kappa shape index (κ2) is 7.56.